The molecule has 0 spiro atoms. The van der Waals surface area contributed by atoms with E-state index in [1.807, 2.05) is 43.3 Å². The van der Waals surface area contributed by atoms with Gasteiger partial charge in [-0.2, -0.15) is 0 Å². The van der Waals surface area contributed by atoms with Crippen molar-refractivity contribution in [1.82, 2.24) is 0 Å². The van der Waals surface area contributed by atoms with Crippen molar-refractivity contribution in [3.05, 3.63) is 109 Å². The van der Waals surface area contributed by atoms with Crippen molar-refractivity contribution in [2.75, 3.05) is 0 Å². The van der Waals surface area contributed by atoms with Crippen LogP contribution >= 0.6 is 0 Å². The lowest BCUT2D eigenvalue weighted by Gasteiger charge is -2.14. The zero-order valence-electron chi connectivity index (χ0n) is 22.6. The Morgan fingerprint density at radius 3 is 1.28 bits per heavy atom. The molecule has 6 heteroatoms. The number of hydrogen-bond donors (Lipinski definition) is 0. The summed E-state index contributed by atoms with van der Waals surface area (Å²) in [4.78, 5) is 36.4. The van der Waals surface area contributed by atoms with Crippen molar-refractivity contribution in [3.8, 4) is 39.5 Å². The molecule has 0 aliphatic rings. The first-order valence-corrected chi connectivity index (χ1v) is 12.0. The van der Waals surface area contributed by atoms with Crippen LogP contribution in [0.2, 0.25) is 0 Å². The van der Waals surface area contributed by atoms with Gasteiger partial charge in [-0.05, 0) is 73.7 Å². The van der Waals surface area contributed by atoms with Gasteiger partial charge in [0.25, 0.3) is 0 Å². The molecule has 0 N–H and O–H groups in total. The Balaban J connectivity index is 1.96. The van der Waals surface area contributed by atoms with Crippen LogP contribution in [0.4, 0.5) is 0 Å². The third kappa shape index (κ3) is 7.08. The van der Waals surface area contributed by atoms with Crippen molar-refractivity contribution >= 4 is 23.5 Å². The second-order valence-corrected chi connectivity index (χ2v) is 9.24. The van der Waals surface area contributed by atoms with Crippen molar-refractivity contribution in [2.45, 2.75) is 27.7 Å². The molecule has 0 saturated heterocycles. The van der Waals surface area contributed by atoms with E-state index in [4.69, 9.17) is 14.2 Å². The third-order valence-electron chi connectivity index (χ3n) is 5.59. The Hall–Kier alpha value is -4.97. The number of allylic oxidation sites excluding steroid dienone is 1. The number of ether oxygens (including phenoxy) is 3. The Labute approximate surface area is 228 Å². The monoisotopic (exact) mass is 522 g/mol. The van der Waals surface area contributed by atoms with Crippen molar-refractivity contribution in [2.24, 2.45) is 0 Å². The van der Waals surface area contributed by atoms with E-state index in [1.54, 1.807) is 31.2 Å². The smallest absolute Gasteiger partial charge is 0.338 e. The lowest BCUT2D eigenvalue weighted by Crippen LogP contribution is -2.12. The van der Waals surface area contributed by atoms with Gasteiger partial charge in [-0.25, -0.2) is 14.4 Å². The van der Waals surface area contributed by atoms with Crippen LogP contribution in [0.5, 0.6) is 17.2 Å². The topological polar surface area (TPSA) is 78.9 Å². The summed E-state index contributed by atoms with van der Waals surface area (Å²) in [6.07, 6.45) is 0. The Kier molecular flexibility index (Phi) is 8.84. The molecule has 198 valence electrons. The molecule has 0 fully saturated rings. The number of hydrogen-bond acceptors (Lipinski definition) is 6. The minimum Gasteiger partial charge on any atom is -0.423 e. The second kappa shape index (κ2) is 12.0. The summed E-state index contributed by atoms with van der Waals surface area (Å²) in [7, 11) is 0. The summed E-state index contributed by atoms with van der Waals surface area (Å²) in [5.74, 6) is -1.21. The van der Waals surface area contributed by atoms with Crippen molar-refractivity contribution in [3.63, 3.8) is 0 Å². The van der Waals surface area contributed by atoms with Gasteiger partial charge >= 0.3 is 17.9 Å². The fraction of sp³-hybridized carbons (Fsp3) is 0.121. The Bertz CT molecular complexity index is 1520. The van der Waals surface area contributed by atoms with Gasteiger partial charge in [-0.3, -0.25) is 0 Å². The van der Waals surface area contributed by atoms with Gasteiger partial charge in [0, 0.05) is 22.3 Å². The first-order chi connectivity index (χ1) is 18.4. The summed E-state index contributed by atoms with van der Waals surface area (Å²) < 4.78 is 16.3. The molecule has 6 nitrogen and oxygen atoms in total. The molecule has 3 aromatic rings. The van der Waals surface area contributed by atoms with Crippen LogP contribution in [0.15, 0.2) is 104 Å². The average molecular weight is 523 g/mol. The quantitative estimate of drug-likeness (QED) is 0.164. The van der Waals surface area contributed by atoms with Gasteiger partial charge in [0.1, 0.15) is 5.75 Å². The molecule has 0 radical (unpaired) electrons. The molecule has 0 heterocycles. The van der Waals surface area contributed by atoms with Crippen LogP contribution in [-0.4, -0.2) is 17.9 Å². The Morgan fingerprint density at radius 2 is 0.846 bits per heavy atom. The number of benzene rings is 3. The fourth-order valence-corrected chi connectivity index (χ4v) is 3.41. The van der Waals surface area contributed by atoms with Crippen LogP contribution in [0.25, 0.3) is 27.8 Å². The molecule has 0 amide bonds. The number of rotatable bonds is 9. The van der Waals surface area contributed by atoms with E-state index >= 15 is 0 Å². The maximum Gasteiger partial charge on any atom is 0.338 e. The SMILES string of the molecule is C=C(C)C(=O)Oc1ccc(-c2ccc(-c3ccc(C(=C)C)c(OC(=O)C(=C)C)c3)cc2)cc1OC(=O)C(=C)C. The van der Waals surface area contributed by atoms with E-state index in [0.29, 0.717) is 11.3 Å². The molecule has 0 saturated carbocycles. The largest absolute Gasteiger partial charge is 0.423 e. The maximum absolute atomic E-state index is 12.2. The van der Waals surface area contributed by atoms with Gasteiger partial charge < -0.3 is 14.2 Å². The second-order valence-electron chi connectivity index (χ2n) is 9.24. The van der Waals surface area contributed by atoms with Crippen LogP contribution < -0.4 is 14.2 Å². The lowest BCUT2D eigenvalue weighted by molar-refractivity contribution is -0.132. The summed E-state index contributed by atoms with van der Waals surface area (Å²) in [5.41, 5.74) is 5.50. The molecule has 0 aromatic heterocycles. The summed E-state index contributed by atoms with van der Waals surface area (Å²) >= 11 is 0. The fourth-order valence-electron chi connectivity index (χ4n) is 3.41. The molecule has 0 aliphatic heterocycles. The minimum atomic E-state index is -0.642. The summed E-state index contributed by atoms with van der Waals surface area (Å²) in [5, 5.41) is 0. The summed E-state index contributed by atoms with van der Waals surface area (Å²) in [6, 6.07) is 18.2. The van der Waals surface area contributed by atoms with Gasteiger partial charge in [0.15, 0.2) is 11.5 Å². The van der Waals surface area contributed by atoms with Gasteiger partial charge in [0.05, 0.1) is 0 Å². The van der Waals surface area contributed by atoms with E-state index in [2.05, 4.69) is 26.3 Å². The molecule has 0 unspecified atom stereocenters. The first-order valence-electron chi connectivity index (χ1n) is 12.0. The molecular weight excluding hydrogens is 492 g/mol. The minimum absolute atomic E-state index is 0.0820. The van der Waals surface area contributed by atoms with Crippen LogP contribution in [0, 0.1) is 0 Å². The Morgan fingerprint density at radius 1 is 0.487 bits per heavy atom. The molecule has 3 aromatic carbocycles. The molecule has 0 aliphatic carbocycles. The highest BCUT2D eigenvalue weighted by Gasteiger charge is 2.17. The first kappa shape index (κ1) is 28.6. The number of esters is 3. The van der Waals surface area contributed by atoms with E-state index in [9.17, 15) is 14.4 Å². The van der Waals surface area contributed by atoms with E-state index < -0.39 is 17.9 Å². The van der Waals surface area contributed by atoms with Gasteiger partial charge in [0.2, 0.25) is 0 Å². The average Bonchev–Trinajstić information content (AvgIpc) is 2.89. The molecule has 0 atom stereocenters. The van der Waals surface area contributed by atoms with E-state index in [1.165, 1.54) is 13.8 Å². The van der Waals surface area contributed by atoms with E-state index in [-0.39, 0.29) is 22.6 Å². The molecular formula is C33H30O6. The molecule has 3 rings (SSSR count). The van der Waals surface area contributed by atoms with Gasteiger partial charge in [-0.1, -0.05) is 68.8 Å². The lowest BCUT2D eigenvalue weighted by atomic mass is 9.98. The van der Waals surface area contributed by atoms with Crippen LogP contribution in [0.1, 0.15) is 33.3 Å². The zero-order chi connectivity index (χ0) is 28.9. The third-order valence-corrected chi connectivity index (χ3v) is 5.59. The molecule has 39 heavy (non-hydrogen) atoms. The predicted octanol–water partition coefficient (Wildman–Crippen LogP) is 7.50. The van der Waals surface area contributed by atoms with Crippen molar-refractivity contribution in [1.29, 1.82) is 0 Å². The van der Waals surface area contributed by atoms with Crippen molar-refractivity contribution < 1.29 is 28.6 Å². The summed E-state index contributed by atoms with van der Waals surface area (Å²) in [6.45, 7) is 21.3. The van der Waals surface area contributed by atoms with E-state index in [0.717, 1.165) is 33.4 Å². The highest BCUT2D eigenvalue weighted by Crippen LogP contribution is 2.36. The van der Waals surface area contributed by atoms with Gasteiger partial charge in [-0.15, -0.1) is 0 Å². The van der Waals surface area contributed by atoms with Crippen LogP contribution in [-0.2, 0) is 14.4 Å². The maximum atomic E-state index is 12.2. The number of carbonyl (C=O) groups is 3. The standard InChI is InChI=1S/C33H30O6/c1-19(2)27-15-13-25(17-29(27)38-32(35)21(5)6)23-9-11-24(12-10-23)26-14-16-28(37-31(34)20(3)4)30(18-26)39-33(36)22(7)8/h9-18H,1,3,5,7H2,2,4,6,8H3. The highest BCUT2D eigenvalue weighted by atomic mass is 16.6. The normalized spacial score (nSPS) is 10.3. The number of carbonyl (C=O) groups excluding carboxylic acids is 3. The zero-order valence-corrected chi connectivity index (χ0v) is 22.6. The molecule has 0 bridgehead atoms. The highest BCUT2D eigenvalue weighted by molar-refractivity contribution is 5.92. The predicted molar refractivity (Wildman–Crippen MR) is 153 cm³/mol. The van der Waals surface area contributed by atoms with Crippen LogP contribution in [0.3, 0.4) is 0 Å².